The number of fused-ring (bicyclic) bond motifs is 1. The molecule has 0 saturated carbocycles. The summed E-state index contributed by atoms with van der Waals surface area (Å²) in [6.07, 6.45) is 0.473. The molecule has 0 amide bonds. The maximum absolute atomic E-state index is 13.2. The van der Waals surface area contributed by atoms with E-state index in [1.165, 1.54) is 12.1 Å². The molecule has 1 aromatic rings. The van der Waals surface area contributed by atoms with E-state index in [0.717, 1.165) is 0 Å². The topological polar surface area (TPSA) is 17.1 Å². The fourth-order valence-electron chi connectivity index (χ4n) is 1.71. The van der Waals surface area contributed by atoms with Crippen LogP contribution in [0.15, 0.2) is 12.1 Å². The summed E-state index contributed by atoms with van der Waals surface area (Å²) >= 11 is 5.81. The third-order valence-electron chi connectivity index (χ3n) is 2.41. The molecule has 68 valence electrons. The predicted octanol–water partition coefficient (Wildman–Crippen LogP) is 2.85. The number of carbonyl (C=O) groups excluding carboxylic acids is 1. The molecule has 1 unspecified atom stereocenters. The third kappa shape index (κ3) is 1.17. The lowest BCUT2D eigenvalue weighted by molar-refractivity contribution is 0.0946. The van der Waals surface area contributed by atoms with Crippen LogP contribution in [0.2, 0.25) is 5.02 Å². The van der Waals surface area contributed by atoms with Crippen LogP contribution in [0.3, 0.4) is 0 Å². The number of halogens is 2. The number of hydrogen-bond acceptors (Lipinski definition) is 1. The van der Waals surface area contributed by atoms with Crippen LogP contribution in [0.25, 0.3) is 0 Å². The quantitative estimate of drug-likeness (QED) is 0.627. The largest absolute Gasteiger partial charge is 0.294 e. The van der Waals surface area contributed by atoms with Gasteiger partial charge in [0.2, 0.25) is 0 Å². The minimum atomic E-state index is -0.322. The Hall–Kier alpha value is -0.890. The second-order valence-electron chi connectivity index (χ2n) is 3.35. The lowest BCUT2D eigenvalue weighted by Crippen LogP contribution is -2.03. The molecular weight excluding hydrogens is 191 g/mol. The molecule has 0 spiro atoms. The van der Waals surface area contributed by atoms with Gasteiger partial charge in [0, 0.05) is 17.0 Å². The van der Waals surface area contributed by atoms with Crippen LogP contribution in [-0.4, -0.2) is 5.78 Å². The SMILES string of the molecule is CC1Cc2c(F)ccc(Cl)c2C1=O. The molecule has 2 rings (SSSR count). The average Bonchev–Trinajstić information content (AvgIpc) is 2.38. The van der Waals surface area contributed by atoms with Gasteiger partial charge in [0.25, 0.3) is 0 Å². The molecule has 0 aliphatic heterocycles. The Morgan fingerprint density at radius 3 is 2.85 bits per heavy atom. The van der Waals surface area contributed by atoms with Gasteiger partial charge in [0.15, 0.2) is 5.78 Å². The van der Waals surface area contributed by atoms with Crippen LogP contribution in [0.1, 0.15) is 22.8 Å². The molecule has 0 N–H and O–H groups in total. The fourth-order valence-corrected chi connectivity index (χ4v) is 1.98. The van der Waals surface area contributed by atoms with E-state index in [4.69, 9.17) is 11.6 Å². The van der Waals surface area contributed by atoms with Gasteiger partial charge in [0.05, 0.1) is 5.02 Å². The summed E-state index contributed by atoms with van der Waals surface area (Å²) in [5.74, 6) is -0.499. The van der Waals surface area contributed by atoms with E-state index in [0.29, 0.717) is 22.6 Å². The minimum absolute atomic E-state index is 0.0421. The van der Waals surface area contributed by atoms with E-state index in [1.54, 1.807) is 6.92 Å². The van der Waals surface area contributed by atoms with E-state index in [2.05, 4.69) is 0 Å². The molecule has 1 atom stereocenters. The second-order valence-corrected chi connectivity index (χ2v) is 3.76. The standard InChI is InChI=1S/C10H8ClFO/c1-5-4-6-8(12)3-2-7(11)9(6)10(5)13/h2-3,5H,4H2,1H3. The van der Waals surface area contributed by atoms with E-state index in [1.807, 2.05) is 0 Å². The molecule has 1 aromatic carbocycles. The Bertz CT molecular complexity index is 387. The lowest BCUT2D eigenvalue weighted by atomic mass is 10.1. The van der Waals surface area contributed by atoms with Crippen molar-refractivity contribution in [3.05, 3.63) is 34.1 Å². The molecule has 3 heteroatoms. The maximum Gasteiger partial charge on any atom is 0.167 e. The van der Waals surface area contributed by atoms with Gasteiger partial charge in [-0.15, -0.1) is 0 Å². The van der Waals surface area contributed by atoms with E-state index in [9.17, 15) is 9.18 Å². The van der Waals surface area contributed by atoms with Gasteiger partial charge in [0.1, 0.15) is 5.82 Å². The Balaban J connectivity index is 2.68. The molecule has 0 heterocycles. The normalized spacial score (nSPS) is 20.5. The van der Waals surface area contributed by atoms with Crippen LogP contribution in [0.5, 0.6) is 0 Å². The highest BCUT2D eigenvalue weighted by atomic mass is 35.5. The third-order valence-corrected chi connectivity index (χ3v) is 2.72. The van der Waals surface area contributed by atoms with Crippen LogP contribution < -0.4 is 0 Å². The molecular formula is C10H8ClFO. The summed E-state index contributed by atoms with van der Waals surface area (Å²) in [6, 6.07) is 2.75. The zero-order chi connectivity index (χ0) is 9.59. The fraction of sp³-hybridized carbons (Fsp3) is 0.300. The van der Waals surface area contributed by atoms with Crippen molar-refractivity contribution in [3.8, 4) is 0 Å². The van der Waals surface area contributed by atoms with Crippen molar-refractivity contribution < 1.29 is 9.18 Å². The van der Waals surface area contributed by atoms with Crippen LogP contribution in [-0.2, 0) is 6.42 Å². The first-order valence-electron chi connectivity index (χ1n) is 4.12. The molecule has 1 aliphatic carbocycles. The zero-order valence-corrected chi connectivity index (χ0v) is 7.86. The Labute approximate surface area is 80.5 Å². The number of ketones is 1. The van der Waals surface area contributed by atoms with Crippen molar-refractivity contribution in [2.24, 2.45) is 5.92 Å². The van der Waals surface area contributed by atoms with Gasteiger partial charge in [-0.05, 0) is 18.6 Å². The number of rotatable bonds is 0. The van der Waals surface area contributed by atoms with Gasteiger partial charge in [-0.3, -0.25) is 4.79 Å². The summed E-state index contributed by atoms with van der Waals surface area (Å²) in [4.78, 5) is 11.5. The number of Topliss-reactive ketones (excluding diaryl/α,β-unsaturated/α-hetero) is 1. The smallest absolute Gasteiger partial charge is 0.167 e. The van der Waals surface area contributed by atoms with Crippen molar-refractivity contribution in [1.29, 1.82) is 0 Å². The monoisotopic (exact) mass is 198 g/mol. The van der Waals surface area contributed by atoms with Crippen molar-refractivity contribution in [1.82, 2.24) is 0 Å². The molecule has 0 radical (unpaired) electrons. The first kappa shape index (κ1) is 8.70. The van der Waals surface area contributed by atoms with Gasteiger partial charge >= 0.3 is 0 Å². The van der Waals surface area contributed by atoms with Crippen molar-refractivity contribution in [2.45, 2.75) is 13.3 Å². The first-order valence-corrected chi connectivity index (χ1v) is 4.50. The number of hydrogen-bond donors (Lipinski definition) is 0. The highest BCUT2D eigenvalue weighted by Crippen LogP contribution is 2.33. The average molecular weight is 199 g/mol. The van der Waals surface area contributed by atoms with Gasteiger partial charge in [-0.1, -0.05) is 18.5 Å². The van der Waals surface area contributed by atoms with Crippen molar-refractivity contribution in [3.63, 3.8) is 0 Å². The maximum atomic E-state index is 13.2. The molecule has 0 fully saturated rings. The first-order chi connectivity index (χ1) is 6.11. The van der Waals surface area contributed by atoms with E-state index in [-0.39, 0.29) is 17.5 Å². The molecule has 13 heavy (non-hydrogen) atoms. The lowest BCUT2D eigenvalue weighted by Gasteiger charge is -2.00. The molecule has 0 bridgehead atoms. The highest BCUT2D eigenvalue weighted by molar-refractivity contribution is 6.34. The molecule has 1 aliphatic rings. The number of benzene rings is 1. The second kappa shape index (κ2) is 2.81. The van der Waals surface area contributed by atoms with Crippen LogP contribution in [0, 0.1) is 11.7 Å². The summed E-state index contributed by atoms with van der Waals surface area (Å²) in [5.41, 5.74) is 0.860. The highest BCUT2D eigenvalue weighted by Gasteiger charge is 2.31. The zero-order valence-electron chi connectivity index (χ0n) is 7.10. The Morgan fingerprint density at radius 1 is 1.54 bits per heavy atom. The summed E-state index contributed by atoms with van der Waals surface area (Å²) in [6.45, 7) is 1.79. The Kier molecular flexibility index (Phi) is 1.88. The minimum Gasteiger partial charge on any atom is -0.294 e. The number of carbonyl (C=O) groups is 1. The Morgan fingerprint density at radius 2 is 2.23 bits per heavy atom. The molecule has 0 saturated heterocycles. The van der Waals surface area contributed by atoms with Gasteiger partial charge in [-0.2, -0.15) is 0 Å². The summed E-state index contributed by atoms with van der Waals surface area (Å²) in [7, 11) is 0. The molecule has 0 aromatic heterocycles. The van der Waals surface area contributed by atoms with Gasteiger partial charge in [-0.25, -0.2) is 4.39 Å². The van der Waals surface area contributed by atoms with E-state index >= 15 is 0 Å². The van der Waals surface area contributed by atoms with Crippen LogP contribution in [0.4, 0.5) is 4.39 Å². The predicted molar refractivity (Wildman–Crippen MR) is 48.6 cm³/mol. The summed E-state index contributed by atoms with van der Waals surface area (Å²) in [5, 5.41) is 0.366. The van der Waals surface area contributed by atoms with Crippen molar-refractivity contribution >= 4 is 17.4 Å². The summed E-state index contributed by atoms with van der Waals surface area (Å²) < 4.78 is 13.2. The molecule has 1 nitrogen and oxygen atoms in total. The van der Waals surface area contributed by atoms with E-state index < -0.39 is 0 Å². The van der Waals surface area contributed by atoms with Crippen LogP contribution >= 0.6 is 11.6 Å². The van der Waals surface area contributed by atoms with Crippen molar-refractivity contribution in [2.75, 3.05) is 0 Å². The van der Waals surface area contributed by atoms with Gasteiger partial charge < -0.3 is 0 Å².